The number of hydrogen-bond donors (Lipinski definition) is 0. The number of Topliss-reactive ketones (excluding diaryl/α,β-unsaturated/α-hetero) is 2. The summed E-state index contributed by atoms with van der Waals surface area (Å²) in [5, 5.41) is 0. The number of carbonyl (C=O) groups excluding carboxylic acids is 2. The Bertz CT molecular complexity index is 523. The predicted octanol–water partition coefficient (Wildman–Crippen LogP) is 5.05. The van der Waals surface area contributed by atoms with Crippen LogP contribution < -0.4 is 0 Å². The van der Waals surface area contributed by atoms with Crippen LogP contribution in [0.15, 0.2) is 0 Å². The van der Waals surface area contributed by atoms with E-state index in [1.54, 1.807) is 0 Å². The van der Waals surface area contributed by atoms with Gasteiger partial charge in [-0.25, -0.2) is 0 Å². The SMILES string of the molecule is CCOC(C)(C)CCOC(C)(C)C(=O)CCC(C(=O)C(C)C)N(C)C(C)(C)CC. The highest BCUT2D eigenvalue weighted by atomic mass is 16.5. The molecule has 5 heteroatoms. The average Bonchev–Trinajstić information content (AvgIpc) is 2.60. The summed E-state index contributed by atoms with van der Waals surface area (Å²) in [6.45, 7) is 21.1. The number of ether oxygens (including phenoxy) is 2. The van der Waals surface area contributed by atoms with E-state index in [9.17, 15) is 9.59 Å². The van der Waals surface area contributed by atoms with E-state index in [0.29, 0.717) is 26.1 Å². The van der Waals surface area contributed by atoms with E-state index in [1.165, 1.54) is 0 Å². The number of ketones is 2. The van der Waals surface area contributed by atoms with Crippen LogP contribution in [0.1, 0.15) is 94.9 Å². The summed E-state index contributed by atoms with van der Waals surface area (Å²) in [5.74, 6) is 0.172. The first kappa shape index (κ1) is 28.2. The van der Waals surface area contributed by atoms with Crippen molar-refractivity contribution in [1.82, 2.24) is 4.90 Å². The maximum atomic E-state index is 12.9. The molecule has 172 valence electrons. The normalized spacial score (nSPS) is 14.5. The first-order valence-corrected chi connectivity index (χ1v) is 11.2. The zero-order valence-corrected chi connectivity index (χ0v) is 21.0. The van der Waals surface area contributed by atoms with E-state index in [-0.39, 0.29) is 34.7 Å². The Hall–Kier alpha value is -0.780. The van der Waals surface area contributed by atoms with Crippen molar-refractivity contribution in [3.63, 3.8) is 0 Å². The number of likely N-dealkylation sites (N-methyl/N-ethyl adjacent to an activating group) is 1. The second-order valence-corrected chi connectivity index (χ2v) is 10.1. The van der Waals surface area contributed by atoms with Gasteiger partial charge in [0.25, 0.3) is 0 Å². The molecule has 1 unspecified atom stereocenters. The van der Waals surface area contributed by atoms with Crippen molar-refractivity contribution in [1.29, 1.82) is 0 Å². The molecule has 0 aromatic heterocycles. The zero-order chi connectivity index (χ0) is 23.0. The molecule has 0 saturated heterocycles. The number of nitrogens with zero attached hydrogens (tertiary/aromatic N) is 1. The quantitative estimate of drug-likeness (QED) is 0.376. The molecule has 0 aromatic carbocycles. The minimum Gasteiger partial charge on any atom is -0.376 e. The summed E-state index contributed by atoms with van der Waals surface area (Å²) in [4.78, 5) is 27.9. The summed E-state index contributed by atoms with van der Waals surface area (Å²) in [6.07, 6.45) is 2.51. The first-order valence-electron chi connectivity index (χ1n) is 11.2. The van der Waals surface area contributed by atoms with Crippen molar-refractivity contribution in [2.45, 2.75) is 118 Å². The second-order valence-electron chi connectivity index (χ2n) is 10.1. The Morgan fingerprint density at radius 3 is 1.97 bits per heavy atom. The van der Waals surface area contributed by atoms with Crippen LogP contribution in [-0.2, 0) is 19.1 Å². The van der Waals surface area contributed by atoms with E-state index in [4.69, 9.17) is 9.47 Å². The molecule has 0 N–H and O–H groups in total. The van der Waals surface area contributed by atoms with Gasteiger partial charge in [0.05, 0.1) is 18.2 Å². The molecular formula is C24H47NO4. The summed E-state index contributed by atoms with van der Waals surface area (Å²) in [7, 11) is 2.00. The van der Waals surface area contributed by atoms with E-state index >= 15 is 0 Å². The highest BCUT2D eigenvalue weighted by Crippen LogP contribution is 2.26. The van der Waals surface area contributed by atoms with E-state index in [2.05, 4.69) is 25.7 Å². The lowest BCUT2D eigenvalue weighted by Crippen LogP contribution is -2.51. The molecule has 0 amide bonds. The highest BCUT2D eigenvalue weighted by molar-refractivity contribution is 5.89. The van der Waals surface area contributed by atoms with Crippen LogP contribution in [0.5, 0.6) is 0 Å². The molecule has 1 atom stereocenters. The molecule has 0 spiro atoms. The Morgan fingerprint density at radius 2 is 1.52 bits per heavy atom. The fourth-order valence-electron chi connectivity index (χ4n) is 3.25. The summed E-state index contributed by atoms with van der Waals surface area (Å²) in [6, 6.07) is -0.262. The van der Waals surface area contributed by atoms with Gasteiger partial charge in [-0.15, -0.1) is 0 Å². The second kappa shape index (κ2) is 11.6. The Labute approximate surface area is 179 Å². The largest absolute Gasteiger partial charge is 0.376 e. The molecule has 0 bridgehead atoms. The highest BCUT2D eigenvalue weighted by Gasteiger charge is 2.36. The molecule has 0 rings (SSSR count). The van der Waals surface area contributed by atoms with Gasteiger partial charge < -0.3 is 9.47 Å². The maximum absolute atomic E-state index is 12.9. The average molecular weight is 414 g/mol. The van der Waals surface area contributed by atoms with Gasteiger partial charge in [0.1, 0.15) is 5.60 Å². The molecule has 0 saturated carbocycles. The molecule has 29 heavy (non-hydrogen) atoms. The van der Waals surface area contributed by atoms with Crippen molar-refractivity contribution in [3.05, 3.63) is 0 Å². The van der Waals surface area contributed by atoms with E-state index < -0.39 is 5.60 Å². The van der Waals surface area contributed by atoms with Crippen molar-refractivity contribution in [3.8, 4) is 0 Å². The van der Waals surface area contributed by atoms with Gasteiger partial charge in [0, 0.05) is 24.5 Å². The minimum atomic E-state index is -0.868. The van der Waals surface area contributed by atoms with Crippen LogP contribution in [0, 0.1) is 5.92 Å². The Morgan fingerprint density at radius 1 is 0.966 bits per heavy atom. The lowest BCUT2D eigenvalue weighted by molar-refractivity contribution is -0.143. The van der Waals surface area contributed by atoms with Gasteiger partial charge in [-0.1, -0.05) is 20.8 Å². The van der Waals surface area contributed by atoms with Gasteiger partial charge in [0.2, 0.25) is 0 Å². The van der Waals surface area contributed by atoms with Crippen molar-refractivity contribution in [2.75, 3.05) is 20.3 Å². The molecule has 0 aliphatic rings. The van der Waals surface area contributed by atoms with Crippen LogP contribution in [-0.4, -0.2) is 59.5 Å². The molecule has 0 fully saturated rings. The molecule has 0 aliphatic carbocycles. The van der Waals surface area contributed by atoms with Crippen molar-refractivity contribution >= 4 is 11.6 Å². The Kier molecular flexibility index (Phi) is 11.3. The molecule has 0 heterocycles. The van der Waals surface area contributed by atoms with Gasteiger partial charge in [-0.3, -0.25) is 14.5 Å². The lowest BCUT2D eigenvalue weighted by Gasteiger charge is -2.41. The third-order valence-corrected chi connectivity index (χ3v) is 6.20. The first-order chi connectivity index (χ1) is 13.1. The fourth-order valence-corrected chi connectivity index (χ4v) is 3.25. The van der Waals surface area contributed by atoms with Crippen molar-refractivity contribution < 1.29 is 19.1 Å². The maximum Gasteiger partial charge on any atom is 0.164 e. The number of hydrogen-bond acceptors (Lipinski definition) is 5. The smallest absolute Gasteiger partial charge is 0.164 e. The van der Waals surface area contributed by atoms with Crippen molar-refractivity contribution in [2.24, 2.45) is 5.92 Å². The molecule has 0 radical (unpaired) electrons. The molecule has 0 aliphatic heterocycles. The summed E-state index contributed by atoms with van der Waals surface area (Å²) < 4.78 is 11.6. The third kappa shape index (κ3) is 9.27. The van der Waals surface area contributed by atoms with Crippen LogP contribution >= 0.6 is 0 Å². The third-order valence-electron chi connectivity index (χ3n) is 6.20. The summed E-state index contributed by atoms with van der Waals surface area (Å²) >= 11 is 0. The van der Waals surface area contributed by atoms with Gasteiger partial charge >= 0.3 is 0 Å². The number of rotatable bonds is 15. The molecule has 5 nitrogen and oxygen atoms in total. The fraction of sp³-hybridized carbons (Fsp3) is 0.917. The van der Waals surface area contributed by atoms with E-state index in [0.717, 1.165) is 12.8 Å². The van der Waals surface area contributed by atoms with Gasteiger partial charge in [-0.05, 0) is 74.8 Å². The summed E-state index contributed by atoms with van der Waals surface area (Å²) in [5.41, 5.74) is -1.24. The van der Waals surface area contributed by atoms with E-state index in [1.807, 2.05) is 55.5 Å². The van der Waals surface area contributed by atoms with Gasteiger partial charge in [0.15, 0.2) is 11.6 Å². The molecular weight excluding hydrogens is 366 g/mol. The topological polar surface area (TPSA) is 55.8 Å². The zero-order valence-electron chi connectivity index (χ0n) is 21.0. The lowest BCUT2D eigenvalue weighted by atomic mass is 9.88. The minimum absolute atomic E-state index is 0.0379. The van der Waals surface area contributed by atoms with Gasteiger partial charge in [-0.2, -0.15) is 0 Å². The number of carbonyl (C=O) groups is 2. The monoisotopic (exact) mass is 413 g/mol. The van der Waals surface area contributed by atoms with Crippen LogP contribution in [0.2, 0.25) is 0 Å². The molecule has 0 aromatic rings. The predicted molar refractivity (Wildman–Crippen MR) is 120 cm³/mol. The van der Waals surface area contributed by atoms with Crippen LogP contribution in [0.4, 0.5) is 0 Å². The van der Waals surface area contributed by atoms with Crippen LogP contribution in [0.3, 0.4) is 0 Å². The van der Waals surface area contributed by atoms with Crippen LogP contribution in [0.25, 0.3) is 0 Å². The standard InChI is InChI=1S/C24H47NO4/c1-12-22(5,6)25(11)19(21(27)18(3)4)14-15-20(26)24(9,10)29-17-16-23(7,8)28-13-2/h18-19H,12-17H2,1-11H3. The Balaban J connectivity index is 5.01.